The fraction of sp³-hybridized carbons (Fsp3) is 0.294. The Balaban J connectivity index is 2.10. The minimum absolute atomic E-state index is 0.119. The number of hydrogen-bond acceptors (Lipinski definition) is 2. The number of benzene rings is 2. The molecular formula is C17H20FNO. The fourth-order valence-corrected chi connectivity index (χ4v) is 2.13. The second kappa shape index (κ2) is 6.42. The molecule has 2 aromatic rings. The maximum atomic E-state index is 13.6. The van der Waals surface area contributed by atoms with E-state index in [4.69, 9.17) is 4.74 Å². The largest absolute Gasteiger partial charge is 0.494 e. The topological polar surface area (TPSA) is 21.3 Å². The van der Waals surface area contributed by atoms with Crippen LogP contribution in [0.5, 0.6) is 5.75 Å². The van der Waals surface area contributed by atoms with Gasteiger partial charge in [0.15, 0.2) is 11.6 Å². The van der Waals surface area contributed by atoms with Crippen molar-refractivity contribution in [2.24, 2.45) is 0 Å². The molecule has 0 aromatic heterocycles. The van der Waals surface area contributed by atoms with Crippen molar-refractivity contribution in [3.8, 4) is 5.75 Å². The first kappa shape index (κ1) is 14.4. The van der Waals surface area contributed by atoms with Gasteiger partial charge in [0.05, 0.1) is 7.11 Å². The summed E-state index contributed by atoms with van der Waals surface area (Å²) >= 11 is 0. The van der Waals surface area contributed by atoms with Gasteiger partial charge in [-0.25, -0.2) is 4.39 Å². The van der Waals surface area contributed by atoms with E-state index in [0.29, 0.717) is 0 Å². The molecule has 0 radical (unpaired) electrons. The maximum Gasteiger partial charge on any atom is 0.167 e. The molecule has 0 saturated carbocycles. The van der Waals surface area contributed by atoms with Crippen molar-refractivity contribution < 1.29 is 9.13 Å². The Morgan fingerprint density at radius 1 is 1.15 bits per heavy atom. The molecule has 2 nitrogen and oxygen atoms in total. The summed E-state index contributed by atoms with van der Waals surface area (Å²) in [6.07, 6.45) is 1.03. The highest BCUT2D eigenvalue weighted by Gasteiger charge is 2.08. The van der Waals surface area contributed by atoms with Crippen LogP contribution in [-0.4, -0.2) is 7.11 Å². The van der Waals surface area contributed by atoms with Crippen molar-refractivity contribution >= 4 is 5.69 Å². The van der Waals surface area contributed by atoms with Crippen molar-refractivity contribution in [1.29, 1.82) is 0 Å². The van der Waals surface area contributed by atoms with Gasteiger partial charge in [-0.15, -0.1) is 0 Å². The third-order valence-corrected chi connectivity index (χ3v) is 3.42. The van der Waals surface area contributed by atoms with Crippen LogP contribution in [0.4, 0.5) is 10.1 Å². The zero-order valence-corrected chi connectivity index (χ0v) is 12.1. The second-order valence-corrected chi connectivity index (χ2v) is 4.81. The molecule has 1 atom stereocenters. The molecule has 0 aliphatic rings. The summed E-state index contributed by atoms with van der Waals surface area (Å²) in [7, 11) is 1.46. The molecule has 0 spiro atoms. The SMILES string of the molecule is CCc1ccc(C(C)Nc2ccc(OC)c(F)c2)cc1. The van der Waals surface area contributed by atoms with Crippen LogP contribution in [0.15, 0.2) is 42.5 Å². The van der Waals surface area contributed by atoms with E-state index in [2.05, 4.69) is 43.4 Å². The molecule has 1 unspecified atom stereocenters. The van der Waals surface area contributed by atoms with Crippen LogP contribution in [0.25, 0.3) is 0 Å². The number of hydrogen-bond donors (Lipinski definition) is 1. The monoisotopic (exact) mass is 273 g/mol. The van der Waals surface area contributed by atoms with E-state index in [1.165, 1.54) is 24.3 Å². The van der Waals surface area contributed by atoms with Gasteiger partial charge in [0, 0.05) is 17.8 Å². The normalized spacial score (nSPS) is 12.0. The smallest absolute Gasteiger partial charge is 0.167 e. The maximum absolute atomic E-state index is 13.6. The van der Waals surface area contributed by atoms with Crippen LogP contribution in [-0.2, 0) is 6.42 Å². The fourth-order valence-electron chi connectivity index (χ4n) is 2.13. The summed E-state index contributed by atoms with van der Waals surface area (Å²) in [5, 5.41) is 3.29. The molecule has 0 amide bonds. The Morgan fingerprint density at radius 3 is 2.40 bits per heavy atom. The van der Waals surface area contributed by atoms with E-state index in [1.807, 2.05) is 6.07 Å². The summed E-state index contributed by atoms with van der Waals surface area (Å²) in [6.45, 7) is 4.19. The van der Waals surface area contributed by atoms with Crippen LogP contribution in [0, 0.1) is 5.82 Å². The second-order valence-electron chi connectivity index (χ2n) is 4.81. The summed E-state index contributed by atoms with van der Waals surface area (Å²) < 4.78 is 18.5. The average molecular weight is 273 g/mol. The number of ether oxygens (including phenoxy) is 1. The van der Waals surface area contributed by atoms with Crippen molar-refractivity contribution in [3.63, 3.8) is 0 Å². The molecule has 0 heterocycles. The molecule has 0 fully saturated rings. The van der Waals surface area contributed by atoms with E-state index in [1.54, 1.807) is 6.07 Å². The zero-order valence-electron chi connectivity index (χ0n) is 12.1. The van der Waals surface area contributed by atoms with E-state index in [9.17, 15) is 4.39 Å². The number of halogens is 1. The van der Waals surface area contributed by atoms with Gasteiger partial charge in [0.25, 0.3) is 0 Å². The molecule has 0 saturated heterocycles. The van der Waals surface area contributed by atoms with Gasteiger partial charge in [-0.1, -0.05) is 31.2 Å². The lowest BCUT2D eigenvalue weighted by atomic mass is 10.0. The predicted octanol–water partition coefficient (Wildman–Crippen LogP) is 4.57. The first-order valence-corrected chi connectivity index (χ1v) is 6.83. The Labute approximate surface area is 119 Å². The summed E-state index contributed by atoms with van der Waals surface area (Å²) in [6, 6.07) is 13.5. The summed E-state index contributed by atoms with van der Waals surface area (Å²) in [5.74, 6) is -0.0958. The van der Waals surface area contributed by atoms with Gasteiger partial charge in [0.1, 0.15) is 0 Å². The highest BCUT2D eigenvalue weighted by molar-refractivity contribution is 5.49. The number of anilines is 1. The standard InChI is InChI=1S/C17H20FNO/c1-4-13-5-7-14(8-6-13)12(2)19-15-9-10-17(20-3)16(18)11-15/h5-12,19H,4H2,1-3H3. The van der Waals surface area contributed by atoms with Crippen LogP contribution < -0.4 is 10.1 Å². The van der Waals surface area contributed by atoms with Crippen LogP contribution in [0.2, 0.25) is 0 Å². The molecule has 0 aliphatic carbocycles. The number of nitrogens with one attached hydrogen (secondary N) is 1. The molecule has 1 N–H and O–H groups in total. The number of methoxy groups -OCH3 is 1. The predicted molar refractivity (Wildman–Crippen MR) is 80.8 cm³/mol. The third-order valence-electron chi connectivity index (χ3n) is 3.42. The van der Waals surface area contributed by atoms with Crippen molar-refractivity contribution in [1.82, 2.24) is 0 Å². The molecule has 2 rings (SSSR count). The van der Waals surface area contributed by atoms with Crippen molar-refractivity contribution in [2.45, 2.75) is 26.3 Å². The molecule has 2 aromatic carbocycles. The quantitative estimate of drug-likeness (QED) is 0.861. The lowest BCUT2D eigenvalue weighted by Gasteiger charge is -2.16. The van der Waals surface area contributed by atoms with Crippen molar-refractivity contribution in [2.75, 3.05) is 12.4 Å². The Bertz CT molecular complexity index is 566. The molecule has 20 heavy (non-hydrogen) atoms. The molecular weight excluding hydrogens is 253 g/mol. The zero-order chi connectivity index (χ0) is 14.5. The average Bonchev–Trinajstić information content (AvgIpc) is 2.47. The first-order valence-electron chi connectivity index (χ1n) is 6.83. The number of aryl methyl sites for hydroxylation is 1. The lowest BCUT2D eigenvalue weighted by Crippen LogP contribution is -2.07. The van der Waals surface area contributed by atoms with Gasteiger partial charge in [-0.3, -0.25) is 0 Å². The third kappa shape index (κ3) is 3.29. The summed E-state index contributed by atoms with van der Waals surface area (Å²) in [5.41, 5.74) is 3.24. The van der Waals surface area contributed by atoms with Gasteiger partial charge < -0.3 is 10.1 Å². The van der Waals surface area contributed by atoms with Gasteiger partial charge >= 0.3 is 0 Å². The van der Waals surface area contributed by atoms with E-state index < -0.39 is 0 Å². The van der Waals surface area contributed by atoms with Crippen LogP contribution >= 0.6 is 0 Å². The molecule has 3 heteroatoms. The Hall–Kier alpha value is -2.03. The van der Waals surface area contributed by atoms with Crippen LogP contribution in [0.1, 0.15) is 31.0 Å². The highest BCUT2D eigenvalue weighted by atomic mass is 19.1. The molecule has 0 aliphatic heterocycles. The van der Waals surface area contributed by atoms with Gasteiger partial charge in [0.2, 0.25) is 0 Å². The highest BCUT2D eigenvalue weighted by Crippen LogP contribution is 2.24. The van der Waals surface area contributed by atoms with E-state index in [0.717, 1.165) is 12.1 Å². The lowest BCUT2D eigenvalue weighted by molar-refractivity contribution is 0.386. The van der Waals surface area contributed by atoms with Gasteiger partial charge in [-0.05, 0) is 36.6 Å². The van der Waals surface area contributed by atoms with Crippen LogP contribution in [0.3, 0.4) is 0 Å². The minimum atomic E-state index is -0.356. The number of rotatable bonds is 5. The summed E-state index contributed by atoms with van der Waals surface area (Å²) in [4.78, 5) is 0. The van der Waals surface area contributed by atoms with Gasteiger partial charge in [-0.2, -0.15) is 0 Å². The Morgan fingerprint density at radius 2 is 1.85 bits per heavy atom. The molecule has 0 bridgehead atoms. The Kier molecular flexibility index (Phi) is 4.61. The van der Waals surface area contributed by atoms with Crippen molar-refractivity contribution in [3.05, 3.63) is 59.4 Å². The minimum Gasteiger partial charge on any atom is -0.494 e. The van der Waals surface area contributed by atoms with E-state index in [-0.39, 0.29) is 17.6 Å². The molecule has 106 valence electrons. The van der Waals surface area contributed by atoms with E-state index >= 15 is 0 Å². The first-order chi connectivity index (χ1) is 9.63.